The molecule has 0 spiro atoms. The lowest BCUT2D eigenvalue weighted by atomic mass is 10.1. The number of hydrogen-bond donors (Lipinski definition) is 1. The second kappa shape index (κ2) is 6.87. The van der Waals surface area contributed by atoms with E-state index < -0.39 is 17.6 Å². The van der Waals surface area contributed by atoms with E-state index in [1.54, 1.807) is 12.1 Å². The first-order valence-corrected chi connectivity index (χ1v) is 7.06. The smallest absolute Gasteiger partial charge is 0.322 e. The van der Waals surface area contributed by atoms with Gasteiger partial charge >= 0.3 is 6.18 Å². The first-order valence-electron chi connectivity index (χ1n) is 6.69. The van der Waals surface area contributed by atoms with E-state index in [2.05, 4.69) is 5.32 Å². The van der Waals surface area contributed by atoms with Gasteiger partial charge in [-0.2, -0.15) is 13.2 Å². The Hall–Kier alpha value is -2.27. The molecule has 23 heavy (non-hydrogen) atoms. The molecule has 6 heteroatoms. The highest BCUT2D eigenvalue weighted by Gasteiger charge is 2.33. The molecular weight excluding hydrogens is 327 g/mol. The number of carbonyl (C=O) groups is 1. The van der Waals surface area contributed by atoms with Crippen molar-refractivity contribution < 1.29 is 18.0 Å². The van der Waals surface area contributed by atoms with E-state index in [0.717, 1.165) is 17.7 Å². The average Bonchev–Trinajstić information content (AvgIpc) is 2.47. The SMILES string of the molecule is Cc1ccccc1NC(=O)/C=C/c1ccc(Cl)c(C(F)(F)F)c1. The first kappa shape index (κ1) is 17.1. The van der Waals surface area contributed by atoms with Crippen LogP contribution in [0.25, 0.3) is 6.08 Å². The van der Waals surface area contributed by atoms with Gasteiger partial charge in [-0.1, -0.05) is 35.9 Å². The van der Waals surface area contributed by atoms with Gasteiger partial charge in [0, 0.05) is 11.8 Å². The van der Waals surface area contributed by atoms with Crippen LogP contribution in [-0.4, -0.2) is 5.91 Å². The molecular formula is C17H13ClF3NO. The van der Waals surface area contributed by atoms with E-state index in [0.29, 0.717) is 5.69 Å². The van der Waals surface area contributed by atoms with Crippen LogP contribution in [0, 0.1) is 6.92 Å². The van der Waals surface area contributed by atoms with Crippen LogP contribution in [0.15, 0.2) is 48.5 Å². The predicted octanol–water partition coefficient (Wildman–Crippen LogP) is 5.32. The summed E-state index contributed by atoms with van der Waals surface area (Å²) in [5.74, 6) is -0.428. The molecule has 2 aromatic rings. The number of alkyl halides is 3. The number of amides is 1. The van der Waals surface area contributed by atoms with Gasteiger partial charge in [-0.15, -0.1) is 0 Å². The number of halogens is 4. The lowest BCUT2D eigenvalue weighted by Gasteiger charge is -2.09. The fourth-order valence-corrected chi connectivity index (χ4v) is 2.15. The van der Waals surface area contributed by atoms with E-state index >= 15 is 0 Å². The molecule has 0 saturated carbocycles. The number of aryl methyl sites for hydroxylation is 1. The number of rotatable bonds is 3. The van der Waals surface area contributed by atoms with E-state index in [4.69, 9.17) is 11.6 Å². The summed E-state index contributed by atoms with van der Waals surface area (Å²) in [6.45, 7) is 1.84. The van der Waals surface area contributed by atoms with Gasteiger partial charge < -0.3 is 5.32 Å². The molecule has 0 aliphatic heterocycles. The predicted molar refractivity (Wildman–Crippen MR) is 85.3 cm³/mol. The zero-order chi connectivity index (χ0) is 17.0. The lowest BCUT2D eigenvalue weighted by Crippen LogP contribution is -2.09. The molecule has 2 rings (SSSR count). The van der Waals surface area contributed by atoms with Crippen LogP contribution in [0.5, 0.6) is 0 Å². The number of anilines is 1. The molecule has 2 nitrogen and oxygen atoms in total. The highest BCUT2D eigenvalue weighted by atomic mass is 35.5. The van der Waals surface area contributed by atoms with Crippen molar-refractivity contribution in [2.75, 3.05) is 5.32 Å². The van der Waals surface area contributed by atoms with Gasteiger partial charge in [-0.05, 0) is 42.3 Å². The maximum absolute atomic E-state index is 12.8. The normalized spacial score (nSPS) is 11.7. The van der Waals surface area contributed by atoms with Crippen molar-refractivity contribution in [2.24, 2.45) is 0 Å². The van der Waals surface area contributed by atoms with Gasteiger partial charge in [0.25, 0.3) is 0 Å². The summed E-state index contributed by atoms with van der Waals surface area (Å²) in [6, 6.07) is 10.7. The molecule has 0 heterocycles. The minimum absolute atomic E-state index is 0.238. The summed E-state index contributed by atoms with van der Waals surface area (Å²) in [5.41, 5.74) is 0.844. The van der Waals surface area contributed by atoms with Gasteiger partial charge in [0.05, 0.1) is 10.6 Å². The standard InChI is InChI=1S/C17H13ClF3NO/c1-11-4-2-3-5-15(11)22-16(23)9-7-12-6-8-14(18)13(10-12)17(19,20)21/h2-10H,1H3,(H,22,23)/b9-7+. The topological polar surface area (TPSA) is 29.1 Å². The largest absolute Gasteiger partial charge is 0.417 e. The van der Waals surface area contributed by atoms with Gasteiger partial charge in [0.1, 0.15) is 0 Å². The van der Waals surface area contributed by atoms with Crippen molar-refractivity contribution in [3.63, 3.8) is 0 Å². The van der Waals surface area contributed by atoms with Crippen molar-refractivity contribution >= 4 is 29.3 Å². The van der Waals surface area contributed by atoms with Crippen LogP contribution in [0.4, 0.5) is 18.9 Å². The second-order valence-corrected chi connectivity index (χ2v) is 5.28. The maximum atomic E-state index is 12.8. The summed E-state index contributed by atoms with van der Waals surface area (Å²) in [7, 11) is 0. The minimum atomic E-state index is -4.54. The number of hydrogen-bond acceptors (Lipinski definition) is 1. The molecule has 1 N–H and O–H groups in total. The molecule has 0 radical (unpaired) electrons. The molecule has 0 aromatic heterocycles. The summed E-state index contributed by atoms with van der Waals surface area (Å²) in [6.07, 6.45) is -2.06. The molecule has 0 fully saturated rings. The number of para-hydroxylation sites is 1. The van der Waals surface area contributed by atoms with Gasteiger partial charge in [0.15, 0.2) is 0 Å². The van der Waals surface area contributed by atoms with E-state index in [9.17, 15) is 18.0 Å². The monoisotopic (exact) mass is 339 g/mol. The molecule has 0 unspecified atom stereocenters. The minimum Gasteiger partial charge on any atom is -0.322 e. The Kier molecular flexibility index (Phi) is 5.11. The Bertz CT molecular complexity index is 754. The molecule has 1 amide bonds. The lowest BCUT2D eigenvalue weighted by molar-refractivity contribution is -0.137. The zero-order valence-corrected chi connectivity index (χ0v) is 12.9. The van der Waals surface area contributed by atoms with E-state index in [-0.39, 0.29) is 10.6 Å². The Morgan fingerprint density at radius 2 is 1.87 bits per heavy atom. The van der Waals surface area contributed by atoms with Crippen molar-refractivity contribution in [1.82, 2.24) is 0 Å². The number of benzene rings is 2. The van der Waals surface area contributed by atoms with Crippen molar-refractivity contribution in [1.29, 1.82) is 0 Å². The summed E-state index contributed by atoms with van der Waals surface area (Å²) in [4.78, 5) is 11.8. The van der Waals surface area contributed by atoms with E-state index in [1.807, 2.05) is 19.1 Å². The molecule has 0 atom stereocenters. The number of nitrogens with one attached hydrogen (secondary N) is 1. The molecule has 2 aromatic carbocycles. The Morgan fingerprint density at radius 3 is 2.52 bits per heavy atom. The molecule has 0 bridgehead atoms. The molecule has 120 valence electrons. The Morgan fingerprint density at radius 1 is 1.17 bits per heavy atom. The van der Waals surface area contributed by atoms with Gasteiger partial charge in [-0.3, -0.25) is 4.79 Å². The Labute approximate surface area is 136 Å². The average molecular weight is 340 g/mol. The third kappa shape index (κ3) is 4.60. The van der Waals surface area contributed by atoms with Crippen LogP contribution in [0.1, 0.15) is 16.7 Å². The van der Waals surface area contributed by atoms with Crippen LogP contribution < -0.4 is 5.32 Å². The Balaban J connectivity index is 2.14. The van der Waals surface area contributed by atoms with Gasteiger partial charge in [-0.25, -0.2) is 0 Å². The number of carbonyl (C=O) groups excluding carboxylic acids is 1. The van der Waals surface area contributed by atoms with Crippen molar-refractivity contribution in [3.8, 4) is 0 Å². The first-order chi connectivity index (χ1) is 10.8. The fourth-order valence-electron chi connectivity index (χ4n) is 1.92. The highest BCUT2D eigenvalue weighted by molar-refractivity contribution is 6.31. The summed E-state index contributed by atoms with van der Waals surface area (Å²) in [5, 5.41) is 2.29. The van der Waals surface area contributed by atoms with Crippen molar-refractivity contribution in [2.45, 2.75) is 13.1 Å². The van der Waals surface area contributed by atoms with Crippen LogP contribution in [-0.2, 0) is 11.0 Å². The summed E-state index contributed by atoms with van der Waals surface area (Å²) >= 11 is 5.54. The molecule has 0 saturated heterocycles. The second-order valence-electron chi connectivity index (χ2n) is 4.87. The fraction of sp³-hybridized carbons (Fsp3) is 0.118. The third-order valence-corrected chi connectivity index (χ3v) is 3.46. The molecule has 0 aliphatic rings. The molecule has 0 aliphatic carbocycles. The van der Waals surface area contributed by atoms with Crippen molar-refractivity contribution in [3.05, 3.63) is 70.3 Å². The highest BCUT2D eigenvalue weighted by Crippen LogP contribution is 2.35. The van der Waals surface area contributed by atoms with Crippen LogP contribution in [0.2, 0.25) is 5.02 Å². The quantitative estimate of drug-likeness (QED) is 0.753. The van der Waals surface area contributed by atoms with Gasteiger partial charge in [0.2, 0.25) is 5.91 Å². The maximum Gasteiger partial charge on any atom is 0.417 e. The summed E-state index contributed by atoms with van der Waals surface area (Å²) < 4.78 is 38.3. The van der Waals surface area contributed by atoms with Crippen LogP contribution in [0.3, 0.4) is 0 Å². The van der Waals surface area contributed by atoms with Crippen LogP contribution >= 0.6 is 11.6 Å². The van der Waals surface area contributed by atoms with E-state index in [1.165, 1.54) is 18.2 Å². The third-order valence-electron chi connectivity index (χ3n) is 3.13. The zero-order valence-electron chi connectivity index (χ0n) is 12.1.